The number of amides is 1. The maximum absolute atomic E-state index is 11.8. The summed E-state index contributed by atoms with van der Waals surface area (Å²) in [7, 11) is 0. The average molecular weight is 289 g/mol. The van der Waals surface area contributed by atoms with Gasteiger partial charge in [-0.2, -0.15) is 0 Å². The molecule has 20 heavy (non-hydrogen) atoms. The number of hydrogen-bond acceptors (Lipinski definition) is 3. The number of thiophene rings is 1. The van der Waals surface area contributed by atoms with Crippen LogP contribution < -0.4 is 10.1 Å². The normalized spacial score (nSPS) is 10.6. The summed E-state index contributed by atoms with van der Waals surface area (Å²) >= 11 is 1.60. The topological polar surface area (TPSA) is 38.3 Å². The van der Waals surface area contributed by atoms with Gasteiger partial charge in [0.1, 0.15) is 5.75 Å². The molecule has 0 fully saturated rings. The molecule has 1 aromatic carbocycles. The number of benzene rings is 1. The van der Waals surface area contributed by atoms with Gasteiger partial charge >= 0.3 is 0 Å². The summed E-state index contributed by atoms with van der Waals surface area (Å²) < 4.78 is 5.64. The Hall–Kier alpha value is -1.81. The highest BCUT2D eigenvalue weighted by Crippen LogP contribution is 2.15. The van der Waals surface area contributed by atoms with Crippen LogP contribution in [0.4, 0.5) is 0 Å². The molecule has 1 N–H and O–H groups in total. The van der Waals surface area contributed by atoms with Crippen molar-refractivity contribution >= 4 is 17.2 Å². The summed E-state index contributed by atoms with van der Waals surface area (Å²) in [6, 6.07) is 11.8. The molecule has 0 spiro atoms. The molecular formula is C16H19NO2S. The first-order valence-corrected chi connectivity index (χ1v) is 7.56. The molecule has 0 atom stereocenters. The second kappa shape index (κ2) is 7.10. The summed E-state index contributed by atoms with van der Waals surface area (Å²) in [6.45, 7) is 4.52. The highest BCUT2D eigenvalue weighted by molar-refractivity contribution is 7.10. The molecule has 0 aliphatic heterocycles. The Bertz CT molecular complexity index is 549. The van der Waals surface area contributed by atoms with E-state index >= 15 is 0 Å². The van der Waals surface area contributed by atoms with Crippen molar-refractivity contribution < 1.29 is 9.53 Å². The highest BCUT2D eigenvalue weighted by Gasteiger charge is 2.05. The van der Waals surface area contributed by atoms with Crippen LogP contribution in [0.1, 0.15) is 24.3 Å². The molecule has 2 rings (SSSR count). The van der Waals surface area contributed by atoms with E-state index in [1.54, 1.807) is 11.3 Å². The molecule has 1 amide bonds. The largest absolute Gasteiger partial charge is 0.491 e. The van der Waals surface area contributed by atoms with Gasteiger partial charge in [0.05, 0.1) is 12.5 Å². The van der Waals surface area contributed by atoms with Gasteiger partial charge in [-0.1, -0.05) is 18.2 Å². The van der Waals surface area contributed by atoms with Gasteiger partial charge in [0.15, 0.2) is 0 Å². The SMILES string of the molecule is CC(C)Oc1cccc(CNC(=O)Cc2cccs2)c1. The third kappa shape index (κ3) is 4.70. The first kappa shape index (κ1) is 14.6. The van der Waals surface area contributed by atoms with Crippen molar-refractivity contribution in [1.82, 2.24) is 5.32 Å². The van der Waals surface area contributed by atoms with Crippen LogP contribution in [0.25, 0.3) is 0 Å². The molecule has 0 aliphatic rings. The summed E-state index contributed by atoms with van der Waals surface area (Å²) in [4.78, 5) is 12.9. The molecule has 2 aromatic rings. The first-order chi connectivity index (χ1) is 9.63. The van der Waals surface area contributed by atoms with E-state index in [2.05, 4.69) is 5.32 Å². The molecule has 4 heteroatoms. The number of carbonyl (C=O) groups is 1. The maximum atomic E-state index is 11.8. The van der Waals surface area contributed by atoms with E-state index in [1.165, 1.54) is 0 Å². The lowest BCUT2D eigenvalue weighted by atomic mass is 10.2. The Balaban J connectivity index is 1.85. The van der Waals surface area contributed by atoms with E-state index in [0.29, 0.717) is 13.0 Å². The molecule has 0 saturated carbocycles. The smallest absolute Gasteiger partial charge is 0.225 e. The summed E-state index contributed by atoms with van der Waals surface area (Å²) in [5.74, 6) is 0.882. The highest BCUT2D eigenvalue weighted by atomic mass is 32.1. The Kier molecular flexibility index (Phi) is 5.18. The van der Waals surface area contributed by atoms with Crippen LogP contribution in [-0.4, -0.2) is 12.0 Å². The Labute approximate surface area is 123 Å². The van der Waals surface area contributed by atoms with E-state index < -0.39 is 0 Å². The van der Waals surface area contributed by atoms with Gasteiger partial charge < -0.3 is 10.1 Å². The van der Waals surface area contributed by atoms with Crippen molar-refractivity contribution in [3.8, 4) is 5.75 Å². The van der Waals surface area contributed by atoms with Crippen molar-refractivity contribution in [2.75, 3.05) is 0 Å². The molecule has 0 bridgehead atoms. The molecule has 3 nitrogen and oxygen atoms in total. The predicted molar refractivity (Wildman–Crippen MR) is 82.1 cm³/mol. The monoisotopic (exact) mass is 289 g/mol. The molecule has 0 aliphatic carbocycles. The second-order valence-electron chi connectivity index (χ2n) is 4.85. The van der Waals surface area contributed by atoms with Crippen molar-refractivity contribution in [2.45, 2.75) is 32.9 Å². The van der Waals surface area contributed by atoms with Gasteiger partial charge in [-0.25, -0.2) is 0 Å². The molecule has 0 saturated heterocycles. The van der Waals surface area contributed by atoms with E-state index in [1.807, 2.05) is 55.6 Å². The molecule has 1 heterocycles. The van der Waals surface area contributed by atoms with Crippen LogP contribution in [0, 0.1) is 0 Å². The number of rotatable bonds is 6. The Morgan fingerprint density at radius 2 is 2.15 bits per heavy atom. The van der Waals surface area contributed by atoms with Gasteiger partial charge in [-0.05, 0) is 43.0 Å². The van der Waals surface area contributed by atoms with Gasteiger partial charge in [0.2, 0.25) is 5.91 Å². The molecule has 106 valence electrons. The third-order valence-electron chi connectivity index (χ3n) is 2.67. The van der Waals surface area contributed by atoms with Gasteiger partial charge in [-0.15, -0.1) is 11.3 Å². The van der Waals surface area contributed by atoms with Crippen LogP contribution >= 0.6 is 11.3 Å². The van der Waals surface area contributed by atoms with Gasteiger partial charge in [0, 0.05) is 11.4 Å². The van der Waals surface area contributed by atoms with E-state index in [9.17, 15) is 4.79 Å². The number of hydrogen-bond donors (Lipinski definition) is 1. The van der Waals surface area contributed by atoms with Gasteiger partial charge in [-0.3, -0.25) is 4.79 Å². The zero-order valence-electron chi connectivity index (χ0n) is 11.8. The molecular weight excluding hydrogens is 270 g/mol. The lowest BCUT2D eigenvalue weighted by Gasteiger charge is -2.11. The Morgan fingerprint density at radius 1 is 1.30 bits per heavy atom. The zero-order chi connectivity index (χ0) is 14.4. The maximum Gasteiger partial charge on any atom is 0.225 e. The van der Waals surface area contributed by atoms with Crippen LogP contribution in [0.15, 0.2) is 41.8 Å². The Morgan fingerprint density at radius 3 is 2.85 bits per heavy atom. The van der Waals surface area contributed by atoms with Gasteiger partial charge in [0.25, 0.3) is 0 Å². The molecule has 1 aromatic heterocycles. The minimum absolute atomic E-state index is 0.0441. The second-order valence-corrected chi connectivity index (χ2v) is 5.88. The molecule has 0 unspecified atom stereocenters. The summed E-state index contributed by atoms with van der Waals surface area (Å²) in [6.07, 6.45) is 0.596. The fourth-order valence-corrected chi connectivity index (χ4v) is 2.54. The zero-order valence-corrected chi connectivity index (χ0v) is 12.6. The summed E-state index contributed by atoms with van der Waals surface area (Å²) in [5.41, 5.74) is 1.04. The average Bonchev–Trinajstić information content (AvgIpc) is 2.89. The minimum Gasteiger partial charge on any atom is -0.491 e. The minimum atomic E-state index is 0.0441. The van der Waals surface area contributed by atoms with Crippen LogP contribution in [0.3, 0.4) is 0 Å². The van der Waals surface area contributed by atoms with E-state index in [-0.39, 0.29) is 12.0 Å². The van der Waals surface area contributed by atoms with E-state index in [4.69, 9.17) is 4.74 Å². The molecule has 0 radical (unpaired) electrons. The standard InChI is InChI=1S/C16H19NO2S/c1-12(2)19-14-6-3-5-13(9-14)11-17-16(18)10-15-7-4-8-20-15/h3-9,12H,10-11H2,1-2H3,(H,17,18). The van der Waals surface area contributed by atoms with Crippen LogP contribution in [0.5, 0.6) is 5.75 Å². The fraction of sp³-hybridized carbons (Fsp3) is 0.312. The van der Waals surface area contributed by atoms with E-state index in [0.717, 1.165) is 16.2 Å². The number of ether oxygens (including phenoxy) is 1. The summed E-state index contributed by atoms with van der Waals surface area (Å²) in [5, 5.41) is 4.91. The third-order valence-corrected chi connectivity index (χ3v) is 3.55. The van der Waals surface area contributed by atoms with Crippen molar-refractivity contribution in [2.24, 2.45) is 0 Å². The van der Waals surface area contributed by atoms with Crippen LogP contribution in [0.2, 0.25) is 0 Å². The fourth-order valence-electron chi connectivity index (χ4n) is 1.84. The van der Waals surface area contributed by atoms with Crippen LogP contribution in [-0.2, 0) is 17.8 Å². The number of nitrogens with one attached hydrogen (secondary N) is 1. The number of carbonyl (C=O) groups excluding carboxylic acids is 1. The van der Waals surface area contributed by atoms with Crippen molar-refractivity contribution in [3.05, 3.63) is 52.2 Å². The van der Waals surface area contributed by atoms with Crippen molar-refractivity contribution in [3.63, 3.8) is 0 Å². The quantitative estimate of drug-likeness (QED) is 0.885. The predicted octanol–water partition coefficient (Wildman–Crippen LogP) is 3.39. The lowest BCUT2D eigenvalue weighted by Crippen LogP contribution is -2.24. The first-order valence-electron chi connectivity index (χ1n) is 6.68. The van der Waals surface area contributed by atoms with Crippen molar-refractivity contribution in [1.29, 1.82) is 0 Å². The lowest BCUT2D eigenvalue weighted by molar-refractivity contribution is -0.120.